The first kappa shape index (κ1) is 18.1. The summed E-state index contributed by atoms with van der Waals surface area (Å²) in [6.07, 6.45) is 0. The highest BCUT2D eigenvalue weighted by atomic mass is 32.1. The Bertz CT molecular complexity index is 873. The first-order chi connectivity index (χ1) is 12.6. The van der Waals surface area contributed by atoms with Crippen molar-refractivity contribution in [3.63, 3.8) is 0 Å². The number of ether oxygens (including phenoxy) is 1. The fraction of sp³-hybridized carbons (Fsp3) is 0.238. The Morgan fingerprint density at radius 1 is 1.08 bits per heavy atom. The lowest BCUT2D eigenvalue weighted by Crippen LogP contribution is -2.30. The second-order valence-corrected chi connectivity index (χ2v) is 7.09. The van der Waals surface area contributed by atoms with Crippen LogP contribution in [0.4, 0.5) is 5.69 Å². The van der Waals surface area contributed by atoms with Gasteiger partial charge in [-0.15, -0.1) is 11.3 Å². The topological polar surface area (TPSA) is 42.4 Å². The quantitative estimate of drug-likeness (QED) is 0.616. The Balaban J connectivity index is 1.74. The molecule has 134 valence electrons. The molecule has 5 heteroatoms. The molecular formula is C21H22N2O2S. The number of hydrogen-bond acceptors (Lipinski definition) is 4. The molecule has 26 heavy (non-hydrogen) atoms. The first-order valence-electron chi connectivity index (χ1n) is 8.61. The molecule has 3 rings (SSSR count). The molecular weight excluding hydrogens is 344 g/mol. The molecule has 0 atom stereocenters. The van der Waals surface area contributed by atoms with E-state index in [1.54, 1.807) is 4.90 Å². The highest BCUT2D eigenvalue weighted by Crippen LogP contribution is 2.24. The van der Waals surface area contributed by atoms with Crippen molar-refractivity contribution in [3.8, 4) is 5.75 Å². The average Bonchev–Trinajstić information content (AvgIpc) is 3.03. The first-order valence-corrected chi connectivity index (χ1v) is 9.43. The molecule has 1 amide bonds. The van der Waals surface area contributed by atoms with E-state index in [4.69, 9.17) is 4.74 Å². The number of anilines is 1. The molecule has 4 nitrogen and oxygen atoms in total. The lowest BCUT2D eigenvalue weighted by molar-refractivity contribution is 0.0991. The van der Waals surface area contributed by atoms with E-state index in [1.807, 2.05) is 75.4 Å². The molecule has 0 radical (unpaired) electrons. The largest absolute Gasteiger partial charge is 0.486 e. The van der Waals surface area contributed by atoms with Gasteiger partial charge in [-0.2, -0.15) is 0 Å². The predicted molar refractivity (Wildman–Crippen MR) is 106 cm³/mol. The van der Waals surface area contributed by atoms with Crippen molar-refractivity contribution in [1.29, 1.82) is 0 Å². The van der Waals surface area contributed by atoms with E-state index < -0.39 is 0 Å². The SMILES string of the molecule is CCN(C(=O)c1sc(COc2ccc(C)cc2)nc1C)c1ccccc1. The van der Waals surface area contributed by atoms with E-state index in [9.17, 15) is 4.79 Å². The van der Waals surface area contributed by atoms with Gasteiger partial charge in [0, 0.05) is 12.2 Å². The normalized spacial score (nSPS) is 10.6. The van der Waals surface area contributed by atoms with Crippen LogP contribution >= 0.6 is 11.3 Å². The van der Waals surface area contributed by atoms with Crippen molar-refractivity contribution in [1.82, 2.24) is 4.98 Å². The number of carbonyl (C=O) groups is 1. The smallest absolute Gasteiger partial charge is 0.270 e. The minimum Gasteiger partial charge on any atom is -0.486 e. The average molecular weight is 366 g/mol. The predicted octanol–water partition coefficient (Wildman–Crippen LogP) is 5.01. The van der Waals surface area contributed by atoms with Crippen LogP contribution in [0, 0.1) is 13.8 Å². The van der Waals surface area contributed by atoms with Gasteiger partial charge >= 0.3 is 0 Å². The molecule has 0 aliphatic rings. The van der Waals surface area contributed by atoms with Gasteiger partial charge in [0.1, 0.15) is 22.2 Å². The summed E-state index contributed by atoms with van der Waals surface area (Å²) in [5.74, 6) is 0.783. The number of nitrogens with zero attached hydrogens (tertiary/aromatic N) is 2. The van der Waals surface area contributed by atoms with Crippen LogP contribution in [0.2, 0.25) is 0 Å². The van der Waals surface area contributed by atoms with Crippen molar-refractivity contribution < 1.29 is 9.53 Å². The molecule has 0 unspecified atom stereocenters. The minimum atomic E-state index is -0.0183. The maximum atomic E-state index is 13.0. The monoisotopic (exact) mass is 366 g/mol. The van der Waals surface area contributed by atoms with Gasteiger partial charge < -0.3 is 9.64 Å². The summed E-state index contributed by atoms with van der Waals surface area (Å²) in [5, 5.41) is 0.801. The molecule has 0 aliphatic heterocycles. The number of para-hydroxylation sites is 1. The van der Waals surface area contributed by atoms with E-state index in [0.29, 0.717) is 18.0 Å². The molecule has 0 spiro atoms. The van der Waals surface area contributed by atoms with Gasteiger partial charge in [0.2, 0.25) is 0 Å². The zero-order valence-corrected chi connectivity index (χ0v) is 16.0. The number of hydrogen-bond donors (Lipinski definition) is 0. The summed E-state index contributed by atoms with van der Waals surface area (Å²) >= 11 is 1.40. The van der Waals surface area contributed by atoms with E-state index in [2.05, 4.69) is 4.98 Å². The number of aryl methyl sites for hydroxylation is 2. The molecule has 0 bridgehead atoms. The minimum absolute atomic E-state index is 0.0183. The van der Waals surface area contributed by atoms with Gasteiger partial charge in [-0.3, -0.25) is 4.79 Å². The zero-order chi connectivity index (χ0) is 18.5. The summed E-state index contributed by atoms with van der Waals surface area (Å²) in [7, 11) is 0. The van der Waals surface area contributed by atoms with Crippen LogP contribution in [0.1, 0.15) is 32.9 Å². The van der Waals surface area contributed by atoms with Crippen LogP contribution in [0.25, 0.3) is 0 Å². The number of thiazole rings is 1. The van der Waals surface area contributed by atoms with E-state index in [1.165, 1.54) is 16.9 Å². The Hall–Kier alpha value is -2.66. The molecule has 0 aliphatic carbocycles. The number of amides is 1. The second-order valence-electron chi connectivity index (χ2n) is 6.01. The Morgan fingerprint density at radius 3 is 2.42 bits per heavy atom. The van der Waals surface area contributed by atoms with Gasteiger partial charge in [0.15, 0.2) is 0 Å². The molecule has 0 fully saturated rings. The van der Waals surface area contributed by atoms with Crippen LogP contribution in [0.15, 0.2) is 54.6 Å². The Morgan fingerprint density at radius 2 is 1.77 bits per heavy atom. The van der Waals surface area contributed by atoms with Crippen molar-refractivity contribution in [3.05, 3.63) is 75.7 Å². The van der Waals surface area contributed by atoms with Crippen molar-refractivity contribution in [2.75, 3.05) is 11.4 Å². The molecule has 0 saturated heterocycles. The lowest BCUT2D eigenvalue weighted by atomic mass is 10.2. The third-order valence-corrected chi connectivity index (χ3v) is 5.17. The highest BCUT2D eigenvalue weighted by molar-refractivity contribution is 7.13. The van der Waals surface area contributed by atoms with Crippen LogP contribution < -0.4 is 9.64 Å². The molecule has 0 saturated carbocycles. The van der Waals surface area contributed by atoms with Gasteiger partial charge in [-0.05, 0) is 45.0 Å². The van der Waals surface area contributed by atoms with Gasteiger partial charge in [0.05, 0.1) is 5.69 Å². The third kappa shape index (κ3) is 4.11. The lowest BCUT2D eigenvalue weighted by Gasteiger charge is -2.20. The van der Waals surface area contributed by atoms with E-state index in [-0.39, 0.29) is 5.91 Å². The van der Waals surface area contributed by atoms with Crippen LogP contribution in [0.5, 0.6) is 5.75 Å². The summed E-state index contributed by atoms with van der Waals surface area (Å²) in [5.41, 5.74) is 2.83. The molecule has 0 N–H and O–H groups in total. The van der Waals surface area contributed by atoms with Gasteiger partial charge in [0.25, 0.3) is 5.91 Å². The number of rotatable bonds is 6. The van der Waals surface area contributed by atoms with E-state index in [0.717, 1.165) is 22.1 Å². The van der Waals surface area contributed by atoms with Crippen molar-refractivity contribution in [2.24, 2.45) is 0 Å². The standard InChI is InChI=1S/C21H22N2O2S/c1-4-23(17-8-6-5-7-9-17)21(24)20-16(3)22-19(26-20)14-25-18-12-10-15(2)11-13-18/h5-13H,4,14H2,1-3H3. The molecule has 3 aromatic rings. The van der Waals surface area contributed by atoms with Crippen LogP contribution in [-0.4, -0.2) is 17.4 Å². The second kappa shape index (κ2) is 8.15. The molecule has 1 aromatic heterocycles. The summed E-state index contributed by atoms with van der Waals surface area (Å²) in [4.78, 5) is 19.9. The Labute approximate surface area is 158 Å². The van der Waals surface area contributed by atoms with Crippen molar-refractivity contribution in [2.45, 2.75) is 27.4 Å². The van der Waals surface area contributed by atoms with Crippen LogP contribution in [-0.2, 0) is 6.61 Å². The molecule has 1 heterocycles. The summed E-state index contributed by atoms with van der Waals surface area (Å²) in [6.45, 7) is 6.85. The zero-order valence-electron chi connectivity index (χ0n) is 15.2. The maximum absolute atomic E-state index is 13.0. The van der Waals surface area contributed by atoms with Gasteiger partial charge in [-0.25, -0.2) is 4.98 Å². The summed E-state index contributed by atoms with van der Waals surface area (Å²) in [6, 6.07) is 17.6. The fourth-order valence-corrected chi connectivity index (χ4v) is 3.59. The fourth-order valence-electron chi connectivity index (χ4n) is 2.67. The number of carbonyl (C=O) groups excluding carboxylic acids is 1. The molecule has 2 aromatic carbocycles. The van der Waals surface area contributed by atoms with Gasteiger partial charge in [-0.1, -0.05) is 35.9 Å². The summed E-state index contributed by atoms with van der Waals surface area (Å²) < 4.78 is 5.79. The highest BCUT2D eigenvalue weighted by Gasteiger charge is 2.21. The number of benzene rings is 2. The van der Waals surface area contributed by atoms with Crippen molar-refractivity contribution >= 4 is 22.9 Å². The van der Waals surface area contributed by atoms with E-state index >= 15 is 0 Å². The number of aromatic nitrogens is 1. The third-order valence-electron chi connectivity index (χ3n) is 4.05. The Kier molecular flexibility index (Phi) is 5.68. The van der Waals surface area contributed by atoms with Crippen LogP contribution in [0.3, 0.4) is 0 Å². The maximum Gasteiger partial charge on any atom is 0.270 e.